The topological polar surface area (TPSA) is 43.8 Å². The molecule has 2 N–H and O–H groups in total. The van der Waals surface area contributed by atoms with Gasteiger partial charge in [-0.15, -0.1) is 0 Å². The number of hydrogen-bond donors (Lipinski definition) is 1. The third-order valence-electron chi connectivity index (χ3n) is 2.60. The van der Waals surface area contributed by atoms with Crippen molar-refractivity contribution >= 4 is 22.6 Å². The number of nitrogens with two attached hydrogens (primary N) is 1. The molecule has 0 aliphatic rings. The van der Waals surface area contributed by atoms with Crippen molar-refractivity contribution in [3.63, 3.8) is 0 Å². The summed E-state index contributed by atoms with van der Waals surface area (Å²) >= 11 is 2.18. The normalized spacial score (nSPS) is 12.8. The van der Waals surface area contributed by atoms with Crippen molar-refractivity contribution in [2.75, 3.05) is 0 Å². The Morgan fingerprint density at radius 3 is 2.71 bits per heavy atom. The van der Waals surface area contributed by atoms with Gasteiger partial charge in [-0.1, -0.05) is 0 Å². The second-order valence-electron chi connectivity index (χ2n) is 4.05. The van der Waals surface area contributed by atoms with Crippen LogP contribution in [0.5, 0.6) is 0 Å². The Kier molecular flexibility index (Phi) is 3.48. The van der Waals surface area contributed by atoms with E-state index in [9.17, 15) is 4.39 Å². The van der Waals surface area contributed by atoms with Crippen LogP contribution in [0.3, 0.4) is 0 Å². The molecule has 0 spiro atoms. The summed E-state index contributed by atoms with van der Waals surface area (Å²) in [4.78, 5) is 0. The van der Waals surface area contributed by atoms with Crippen molar-refractivity contribution in [3.8, 4) is 5.69 Å². The van der Waals surface area contributed by atoms with Crippen molar-refractivity contribution in [1.29, 1.82) is 0 Å². The molecule has 3 nitrogen and oxygen atoms in total. The highest BCUT2D eigenvalue weighted by atomic mass is 127. The molecular weight excluding hydrogens is 332 g/mol. The van der Waals surface area contributed by atoms with E-state index in [1.54, 1.807) is 23.9 Å². The fraction of sp³-hybridized carbons (Fsp3) is 0.250. The highest BCUT2D eigenvalue weighted by molar-refractivity contribution is 14.1. The summed E-state index contributed by atoms with van der Waals surface area (Å²) in [6, 6.07) is 3.03. The van der Waals surface area contributed by atoms with Crippen LogP contribution in [0.25, 0.3) is 5.69 Å². The van der Waals surface area contributed by atoms with Gasteiger partial charge in [0.15, 0.2) is 0 Å². The Bertz CT molecular complexity index is 549. The van der Waals surface area contributed by atoms with Gasteiger partial charge in [0.05, 0.1) is 15.5 Å². The van der Waals surface area contributed by atoms with Gasteiger partial charge in [-0.25, -0.2) is 9.07 Å². The van der Waals surface area contributed by atoms with Crippen LogP contribution in [0.1, 0.15) is 24.1 Å². The van der Waals surface area contributed by atoms with Crippen LogP contribution < -0.4 is 5.73 Å². The zero-order chi connectivity index (χ0) is 12.6. The van der Waals surface area contributed by atoms with Gasteiger partial charge in [0.25, 0.3) is 0 Å². The number of aromatic nitrogens is 2. The van der Waals surface area contributed by atoms with Crippen molar-refractivity contribution < 1.29 is 4.39 Å². The molecule has 5 heteroatoms. The standard InChI is InChI=1S/C12H13FIN3/c1-7-3-12(17-6-9(14)5-16-17)10(8(2)15)4-11(7)13/h3-6,8H,15H2,1-2H3/t8-/m1/s1. The summed E-state index contributed by atoms with van der Waals surface area (Å²) in [7, 11) is 0. The van der Waals surface area contributed by atoms with E-state index in [-0.39, 0.29) is 11.9 Å². The van der Waals surface area contributed by atoms with Crippen LogP contribution in [0.15, 0.2) is 24.5 Å². The highest BCUT2D eigenvalue weighted by Gasteiger charge is 2.13. The highest BCUT2D eigenvalue weighted by Crippen LogP contribution is 2.24. The quantitative estimate of drug-likeness (QED) is 0.851. The lowest BCUT2D eigenvalue weighted by atomic mass is 10.0. The molecule has 1 heterocycles. The molecule has 2 aromatic rings. The maximum atomic E-state index is 13.6. The minimum Gasteiger partial charge on any atom is -0.324 e. The summed E-state index contributed by atoms with van der Waals surface area (Å²) in [6.07, 6.45) is 3.64. The van der Waals surface area contributed by atoms with Gasteiger partial charge in [0.1, 0.15) is 5.82 Å². The first kappa shape index (κ1) is 12.5. The molecule has 0 saturated carbocycles. The fourth-order valence-corrected chi connectivity index (χ4v) is 2.07. The van der Waals surface area contributed by atoms with Gasteiger partial charge < -0.3 is 5.73 Å². The number of hydrogen-bond acceptors (Lipinski definition) is 2. The molecule has 1 aromatic carbocycles. The van der Waals surface area contributed by atoms with Crippen molar-refractivity contribution in [2.24, 2.45) is 5.73 Å². The SMILES string of the molecule is Cc1cc(-n2cc(I)cn2)c([C@@H](C)N)cc1F. The number of nitrogens with zero attached hydrogens (tertiary/aromatic N) is 2. The van der Waals surface area contributed by atoms with Gasteiger partial charge in [-0.2, -0.15) is 5.10 Å². The smallest absolute Gasteiger partial charge is 0.126 e. The Labute approximate surface area is 113 Å². The second kappa shape index (κ2) is 4.73. The monoisotopic (exact) mass is 345 g/mol. The van der Waals surface area contributed by atoms with Crippen molar-refractivity contribution in [2.45, 2.75) is 19.9 Å². The average molecular weight is 345 g/mol. The van der Waals surface area contributed by atoms with Crippen molar-refractivity contribution in [1.82, 2.24) is 9.78 Å². The number of halogens is 2. The molecule has 90 valence electrons. The molecule has 0 aliphatic heterocycles. The Balaban J connectivity index is 2.63. The number of benzene rings is 1. The van der Waals surface area contributed by atoms with Crippen LogP contribution in [0, 0.1) is 16.3 Å². The molecule has 0 bridgehead atoms. The van der Waals surface area contributed by atoms with Gasteiger partial charge in [-0.3, -0.25) is 0 Å². The molecule has 0 aliphatic carbocycles. The lowest BCUT2D eigenvalue weighted by molar-refractivity contribution is 0.611. The van der Waals surface area contributed by atoms with Gasteiger partial charge >= 0.3 is 0 Å². The average Bonchev–Trinajstić information content (AvgIpc) is 2.68. The van der Waals surface area contributed by atoms with E-state index < -0.39 is 0 Å². The molecule has 17 heavy (non-hydrogen) atoms. The summed E-state index contributed by atoms with van der Waals surface area (Å²) in [6.45, 7) is 3.57. The summed E-state index contributed by atoms with van der Waals surface area (Å²) in [5, 5.41) is 4.23. The minimum atomic E-state index is -0.234. The molecular formula is C12H13FIN3. The Morgan fingerprint density at radius 2 is 2.18 bits per heavy atom. The minimum absolute atomic E-state index is 0.233. The largest absolute Gasteiger partial charge is 0.324 e. The number of rotatable bonds is 2. The zero-order valence-electron chi connectivity index (χ0n) is 9.61. The molecule has 0 saturated heterocycles. The van der Waals surface area contributed by atoms with E-state index in [0.717, 1.165) is 14.8 Å². The third-order valence-corrected chi connectivity index (χ3v) is 3.15. The zero-order valence-corrected chi connectivity index (χ0v) is 11.8. The van der Waals surface area contributed by atoms with Gasteiger partial charge in [-0.05, 0) is 59.7 Å². The fourth-order valence-electron chi connectivity index (χ4n) is 1.68. The first-order valence-corrected chi connectivity index (χ1v) is 6.33. The Hall–Kier alpha value is -0.950. The van der Waals surface area contributed by atoms with E-state index in [4.69, 9.17) is 5.73 Å². The first-order chi connectivity index (χ1) is 7.99. The first-order valence-electron chi connectivity index (χ1n) is 5.25. The molecule has 1 aromatic heterocycles. The molecule has 1 atom stereocenters. The second-order valence-corrected chi connectivity index (χ2v) is 5.30. The Morgan fingerprint density at radius 1 is 1.47 bits per heavy atom. The van der Waals surface area contributed by atoms with Crippen LogP contribution >= 0.6 is 22.6 Å². The molecule has 0 unspecified atom stereocenters. The predicted molar refractivity (Wildman–Crippen MR) is 73.6 cm³/mol. The van der Waals surface area contributed by atoms with E-state index >= 15 is 0 Å². The van der Waals surface area contributed by atoms with Gasteiger partial charge in [0, 0.05) is 12.2 Å². The third kappa shape index (κ3) is 2.50. The molecule has 2 rings (SSSR count). The maximum Gasteiger partial charge on any atom is 0.126 e. The maximum absolute atomic E-state index is 13.6. The van der Waals surface area contributed by atoms with Crippen LogP contribution in [0.2, 0.25) is 0 Å². The summed E-state index contributed by atoms with van der Waals surface area (Å²) < 4.78 is 16.3. The van der Waals surface area contributed by atoms with Crippen LogP contribution in [-0.4, -0.2) is 9.78 Å². The lowest BCUT2D eigenvalue weighted by Crippen LogP contribution is -2.11. The van der Waals surface area contributed by atoms with Crippen molar-refractivity contribution in [3.05, 3.63) is 45.0 Å². The van der Waals surface area contributed by atoms with Gasteiger partial charge in [0.2, 0.25) is 0 Å². The number of aryl methyl sites for hydroxylation is 1. The van der Waals surface area contributed by atoms with Crippen LogP contribution in [0.4, 0.5) is 4.39 Å². The lowest BCUT2D eigenvalue weighted by Gasteiger charge is -2.14. The molecule has 0 radical (unpaired) electrons. The predicted octanol–water partition coefficient (Wildman–Crippen LogP) is 2.94. The molecule has 0 fully saturated rings. The van der Waals surface area contributed by atoms with E-state index in [2.05, 4.69) is 27.7 Å². The summed E-state index contributed by atoms with van der Waals surface area (Å²) in [5.41, 5.74) is 8.05. The van der Waals surface area contributed by atoms with E-state index in [0.29, 0.717) is 5.56 Å². The molecule has 0 amide bonds. The summed E-state index contributed by atoms with van der Waals surface area (Å²) in [5.74, 6) is -0.233. The van der Waals surface area contributed by atoms with Crippen LogP contribution in [-0.2, 0) is 0 Å². The van der Waals surface area contributed by atoms with E-state index in [1.165, 1.54) is 6.07 Å². The van der Waals surface area contributed by atoms with E-state index in [1.807, 2.05) is 13.1 Å².